The van der Waals surface area contributed by atoms with E-state index in [0.29, 0.717) is 10.4 Å². The fourth-order valence-electron chi connectivity index (χ4n) is 1.47. The molecule has 0 spiro atoms. The van der Waals surface area contributed by atoms with Crippen molar-refractivity contribution in [1.82, 2.24) is 9.55 Å². The van der Waals surface area contributed by atoms with Gasteiger partial charge in [-0.3, -0.25) is 0 Å². The van der Waals surface area contributed by atoms with Crippen molar-refractivity contribution in [2.24, 2.45) is 7.05 Å². The van der Waals surface area contributed by atoms with E-state index in [1.165, 1.54) is 12.3 Å². The van der Waals surface area contributed by atoms with Crippen molar-refractivity contribution in [3.05, 3.63) is 40.6 Å². The molecule has 0 bridgehead atoms. The highest BCUT2D eigenvalue weighted by atomic mass is 79.9. The molecule has 1 aromatic heterocycles. The lowest BCUT2D eigenvalue weighted by atomic mass is 10.1. The molecule has 0 atom stereocenters. The zero-order valence-electron chi connectivity index (χ0n) is 9.29. The van der Waals surface area contributed by atoms with Gasteiger partial charge in [-0.15, -0.1) is 0 Å². The van der Waals surface area contributed by atoms with Crippen LogP contribution in [0.1, 0.15) is 5.56 Å². The highest BCUT2D eigenvalue weighted by molar-refractivity contribution is 9.10. The molecular weight excluding hydrogens is 311 g/mol. The van der Waals surface area contributed by atoms with E-state index in [2.05, 4.69) is 26.2 Å². The monoisotopic (exact) mass is 319 g/mol. The van der Waals surface area contributed by atoms with Crippen LogP contribution in [0.15, 0.2) is 35.1 Å². The summed E-state index contributed by atoms with van der Waals surface area (Å²) in [4.78, 5) is 3.93. The lowest BCUT2D eigenvalue weighted by Gasteiger charge is -2.14. The first-order chi connectivity index (χ1) is 8.38. The standard InChI is InChI=1S/C11H9BrF3N3/c1-18-5-4-16-10(18)17-9-3-2-7(12)6-8(9)11(13,14)15/h2-6H,1H3,(H,16,17). The minimum Gasteiger partial charge on any atom is -0.325 e. The number of aromatic nitrogens is 2. The molecule has 0 aliphatic carbocycles. The molecule has 0 saturated carbocycles. The molecule has 96 valence electrons. The maximum absolute atomic E-state index is 12.9. The van der Waals surface area contributed by atoms with E-state index >= 15 is 0 Å². The van der Waals surface area contributed by atoms with Crippen molar-refractivity contribution in [2.45, 2.75) is 6.18 Å². The molecule has 7 heteroatoms. The van der Waals surface area contributed by atoms with Gasteiger partial charge in [-0.25, -0.2) is 4.98 Å². The Kier molecular flexibility index (Phi) is 3.34. The third kappa shape index (κ3) is 2.66. The van der Waals surface area contributed by atoms with E-state index < -0.39 is 11.7 Å². The molecule has 0 unspecified atom stereocenters. The molecule has 0 amide bonds. The second-order valence-corrected chi connectivity index (χ2v) is 4.59. The molecule has 2 rings (SSSR count). The summed E-state index contributed by atoms with van der Waals surface area (Å²) in [7, 11) is 1.70. The van der Waals surface area contributed by atoms with E-state index in [1.807, 2.05) is 0 Å². The molecular formula is C11H9BrF3N3. The largest absolute Gasteiger partial charge is 0.418 e. The summed E-state index contributed by atoms with van der Waals surface area (Å²) < 4.78 is 40.6. The van der Waals surface area contributed by atoms with Crippen LogP contribution in [0.4, 0.5) is 24.8 Å². The summed E-state index contributed by atoms with van der Waals surface area (Å²) >= 11 is 3.03. The number of benzene rings is 1. The number of nitrogens with one attached hydrogen (secondary N) is 1. The second kappa shape index (κ2) is 4.64. The van der Waals surface area contributed by atoms with Crippen molar-refractivity contribution >= 4 is 27.6 Å². The fourth-order valence-corrected chi connectivity index (χ4v) is 1.83. The first-order valence-electron chi connectivity index (χ1n) is 4.99. The van der Waals surface area contributed by atoms with Crippen molar-refractivity contribution in [2.75, 3.05) is 5.32 Å². The Morgan fingerprint density at radius 1 is 1.33 bits per heavy atom. The van der Waals surface area contributed by atoms with Gasteiger partial charge in [0.25, 0.3) is 0 Å². The molecule has 2 aromatic rings. The van der Waals surface area contributed by atoms with Gasteiger partial charge in [-0.2, -0.15) is 13.2 Å². The van der Waals surface area contributed by atoms with Gasteiger partial charge in [-0.05, 0) is 18.2 Å². The van der Waals surface area contributed by atoms with E-state index in [-0.39, 0.29) is 5.69 Å². The molecule has 3 nitrogen and oxygen atoms in total. The lowest BCUT2D eigenvalue weighted by Crippen LogP contribution is -2.10. The fraction of sp³-hybridized carbons (Fsp3) is 0.182. The van der Waals surface area contributed by atoms with E-state index in [4.69, 9.17) is 0 Å². The number of alkyl halides is 3. The number of hydrogen-bond donors (Lipinski definition) is 1. The molecule has 0 radical (unpaired) electrons. The molecule has 1 aromatic carbocycles. The zero-order chi connectivity index (χ0) is 13.3. The topological polar surface area (TPSA) is 29.9 Å². The van der Waals surface area contributed by atoms with Crippen LogP contribution in [0, 0.1) is 0 Å². The Morgan fingerprint density at radius 2 is 2.06 bits per heavy atom. The molecule has 0 fully saturated rings. The lowest BCUT2D eigenvalue weighted by molar-refractivity contribution is -0.137. The average Bonchev–Trinajstić information content (AvgIpc) is 2.66. The van der Waals surface area contributed by atoms with Gasteiger partial charge in [0.1, 0.15) is 0 Å². The number of nitrogens with zero attached hydrogens (tertiary/aromatic N) is 2. The highest BCUT2D eigenvalue weighted by Crippen LogP contribution is 2.37. The summed E-state index contributed by atoms with van der Waals surface area (Å²) in [6.45, 7) is 0. The number of hydrogen-bond acceptors (Lipinski definition) is 2. The highest BCUT2D eigenvalue weighted by Gasteiger charge is 2.34. The smallest absolute Gasteiger partial charge is 0.325 e. The van der Waals surface area contributed by atoms with Crippen LogP contribution >= 0.6 is 15.9 Å². The Labute approximate surface area is 110 Å². The van der Waals surface area contributed by atoms with Gasteiger partial charge in [0, 0.05) is 23.9 Å². The Balaban J connectivity index is 2.42. The van der Waals surface area contributed by atoms with Gasteiger partial charge in [0.15, 0.2) is 0 Å². The van der Waals surface area contributed by atoms with Crippen molar-refractivity contribution in [1.29, 1.82) is 0 Å². The Bertz CT molecular complexity index is 563. The van der Waals surface area contributed by atoms with E-state index in [9.17, 15) is 13.2 Å². The van der Waals surface area contributed by atoms with Crippen LogP contribution in [-0.2, 0) is 13.2 Å². The number of anilines is 2. The number of rotatable bonds is 2. The summed E-state index contributed by atoms with van der Waals surface area (Å²) in [5, 5.41) is 2.67. The van der Waals surface area contributed by atoms with Crippen molar-refractivity contribution in [3.8, 4) is 0 Å². The number of imidazole rings is 1. The predicted octanol–water partition coefficient (Wildman–Crippen LogP) is 3.95. The van der Waals surface area contributed by atoms with E-state index in [0.717, 1.165) is 6.07 Å². The van der Waals surface area contributed by atoms with Crippen molar-refractivity contribution < 1.29 is 13.2 Å². The second-order valence-electron chi connectivity index (χ2n) is 3.67. The average molecular weight is 320 g/mol. The molecule has 18 heavy (non-hydrogen) atoms. The normalized spacial score (nSPS) is 11.6. The Hall–Kier alpha value is -1.50. The molecule has 0 aliphatic rings. The third-order valence-electron chi connectivity index (χ3n) is 2.35. The van der Waals surface area contributed by atoms with Gasteiger partial charge in [0.05, 0.1) is 11.3 Å². The maximum atomic E-state index is 12.9. The van der Waals surface area contributed by atoms with E-state index in [1.54, 1.807) is 23.9 Å². The van der Waals surface area contributed by atoms with Gasteiger partial charge >= 0.3 is 6.18 Å². The number of aryl methyl sites for hydroxylation is 1. The third-order valence-corrected chi connectivity index (χ3v) is 2.85. The zero-order valence-corrected chi connectivity index (χ0v) is 10.9. The van der Waals surface area contributed by atoms with Crippen LogP contribution in [0.3, 0.4) is 0 Å². The van der Waals surface area contributed by atoms with Crippen LogP contribution in [0.25, 0.3) is 0 Å². The van der Waals surface area contributed by atoms with Crippen LogP contribution in [-0.4, -0.2) is 9.55 Å². The SMILES string of the molecule is Cn1ccnc1Nc1ccc(Br)cc1C(F)(F)F. The summed E-state index contributed by atoms with van der Waals surface area (Å²) in [5.74, 6) is 0.350. The molecule has 0 saturated heterocycles. The predicted molar refractivity (Wildman–Crippen MR) is 65.6 cm³/mol. The minimum atomic E-state index is -4.42. The van der Waals surface area contributed by atoms with Gasteiger partial charge in [0.2, 0.25) is 5.95 Å². The quantitative estimate of drug-likeness (QED) is 0.908. The number of halogens is 4. The van der Waals surface area contributed by atoms with Crippen LogP contribution < -0.4 is 5.32 Å². The summed E-state index contributed by atoms with van der Waals surface area (Å²) in [6, 6.07) is 3.94. The Morgan fingerprint density at radius 3 is 2.61 bits per heavy atom. The molecule has 1 heterocycles. The first-order valence-corrected chi connectivity index (χ1v) is 5.78. The van der Waals surface area contributed by atoms with Crippen LogP contribution in [0.5, 0.6) is 0 Å². The molecule has 1 N–H and O–H groups in total. The first kappa shape index (κ1) is 12.9. The molecule has 0 aliphatic heterocycles. The van der Waals surface area contributed by atoms with Crippen LogP contribution in [0.2, 0.25) is 0 Å². The van der Waals surface area contributed by atoms with Gasteiger partial charge < -0.3 is 9.88 Å². The minimum absolute atomic E-state index is 0.0278. The maximum Gasteiger partial charge on any atom is 0.418 e. The summed E-state index contributed by atoms with van der Waals surface area (Å²) in [6.07, 6.45) is -1.26. The van der Waals surface area contributed by atoms with Crippen molar-refractivity contribution in [3.63, 3.8) is 0 Å². The summed E-state index contributed by atoms with van der Waals surface area (Å²) in [5.41, 5.74) is -0.764. The van der Waals surface area contributed by atoms with Gasteiger partial charge in [-0.1, -0.05) is 15.9 Å².